The summed E-state index contributed by atoms with van der Waals surface area (Å²) >= 11 is 7.69. The van der Waals surface area contributed by atoms with Gasteiger partial charge in [-0.1, -0.05) is 23.7 Å². The summed E-state index contributed by atoms with van der Waals surface area (Å²) in [5, 5.41) is 8.98. The highest BCUT2D eigenvalue weighted by molar-refractivity contribution is 8.13. The van der Waals surface area contributed by atoms with Gasteiger partial charge in [0.25, 0.3) is 5.17 Å². The van der Waals surface area contributed by atoms with Crippen LogP contribution in [0.4, 0.5) is 13.2 Å². The highest BCUT2D eigenvalue weighted by Crippen LogP contribution is 2.64. The SMILES string of the molecule is NC(=O)CN1CC[N+]2(C3=NCCS3)C(C1)C2(Cc1ccc(Cl)cc1C(F)(F)F)c1ccc2[nH]ncc2c1. The maximum absolute atomic E-state index is 14.2. The summed E-state index contributed by atoms with van der Waals surface area (Å²) in [6.45, 7) is 2.55. The number of nitrogens with one attached hydrogen (secondary N) is 1. The Labute approximate surface area is 220 Å². The molecule has 37 heavy (non-hydrogen) atoms. The van der Waals surface area contributed by atoms with E-state index in [1.165, 1.54) is 12.1 Å². The number of amides is 1. The summed E-state index contributed by atoms with van der Waals surface area (Å²) in [5.41, 5.74) is 6.07. The van der Waals surface area contributed by atoms with E-state index >= 15 is 0 Å². The van der Waals surface area contributed by atoms with Crippen LogP contribution in [-0.2, 0) is 22.9 Å². The first-order valence-electron chi connectivity index (χ1n) is 12.0. The average Bonchev–Trinajstić information content (AvgIpc) is 3.29. The molecule has 4 heterocycles. The van der Waals surface area contributed by atoms with Crippen LogP contribution in [0.25, 0.3) is 10.9 Å². The van der Waals surface area contributed by atoms with Gasteiger partial charge in [-0.25, -0.2) is 9.48 Å². The third kappa shape index (κ3) is 3.86. The van der Waals surface area contributed by atoms with Crippen LogP contribution in [0, 0.1) is 0 Å². The van der Waals surface area contributed by atoms with Gasteiger partial charge >= 0.3 is 6.18 Å². The van der Waals surface area contributed by atoms with Gasteiger partial charge in [-0.2, -0.15) is 18.3 Å². The molecule has 0 aliphatic carbocycles. The first-order chi connectivity index (χ1) is 17.6. The number of rotatable bonds is 5. The van der Waals surface area contributed by atoms with Crippen molar-refractivity contribution in [2.75, 3.05) is 38.5 Å². The number of H-pyrrole nitrogens is 1. The number of aromatic amines is 1. The Morgan fingerprint density at radius 2 is 2.14 bits per heavy atom. The van der Waals surface area contributed by atoms with Gasteiger partial charge in [-0.05, 0) is 41.6 Å². The quantitative estimate of drug-likeness (QED) is 0.375. The van der Waals surface area contributed by atoms with Gasteiger partial charge in [0.05, 0.1) is 43.5 Å². The molecule has 3 N–H and O–H groups in total. The molecule has 3 aliphatic heterocycles. The summed E-state index contributed by atoms with van der Waals surface area (Å²) in [4.78, 5) is 18.6. The van der Waals surface area contributed by atoms with Crippen LogP contribution in [0.2, 0.25) is 5.02 Å². The molecular weight excluding hydrogens is 525 g/mol. The van der Waals surface area contributed by atoms with Crippen molar-refractivity contribution in [2.45, 2.75) is 24.2 Å². The van der Waals surface area contributed by atoms with E-state index in [2.05, 4.69) is 10.2 Å². The van der Waals surface area contributed by atoms with E-state index in [1.54, 1.807) is 18.0 Å². The first-order valence-corrected chi connectivity index (χ1v) is 13.4. The first kappa shape index (κ1) is 24.7. The molecule has 3 aliphatic rings. The zero-order chi connectivity index (χ0) is 26.0. The van der Waals surface area contributed by atoms with Crippen LogP contribution in [-0.4, -0.2) is 75.2 Å². The Balaban J connectivity index is 1.54. The minimum atomic E-state index is -4.55. The summed E-state index contributed by atoms with van der Waals surface area (Å²) in [6.07, 6.45) is -2.67. The van der Waals surface area contributed by atoms with Crippen molar-refractivity contribution in [3.05, 3.63) is 64.3 Å². The van der Waals surface area contributed by atoms with E-state index in [4.69, 9.17) is 22.3 Å². The number of carbonyl (C=O) groups is 1. The average molecular weight is 550 g/mol. The van der Waals surface area contributed by atoms with Crippen molar-refractivity contribution in [3.63, 3.8) is 0 Å². The minimum absolute atomic E-state index is 0.0470. The van der Waals surface area contributed by atoms with Crippen LogP contribution < -0.4 is 5.73 Å². The number of halogens is 4. The van der Waals surface area contributed by atoms with Gasteiger partial charge < -0.3 is 5.73 Å². The summed E-state index contributed by atoms with van der Waals surface area (Å²) < 4.78 is 43.1. The zero-order valence-electron chi connectivity index (χ0n) is 19.8. The van der Waals surface area contributed by atoms with E-state index in [0.29, 0.717) is 30.7 Å². The number of nitrogens with two attached hydrogens (primary N) is 1. The van der Waals surface area contributed by atoms with Crippen LogP contribution in [0.3, 0.4) is 0 Å². The molecule has 7 nitrogen and oxygen atoms in total. The minimum Gasteiger partial charge on any atom is -0.369 e. The van der Waals surface area contributed by atoms with Crippen molar-refractivity contribution in [1.29, 1.82) is 0 Å². The number of carbonyl (C=O) groups excluding carboxylic acids is 1. The predicted molar refractivity (Wildman–Crippen MR) is 137 cm³/mol. The number of alkyl halides is 3. The van der Waals surface area contributed by atoms with E-state index < -0.39 is 23.2 Å². The van der Waals surface area contributed by atoms with Crippen LogP contribution >= 0.6 is 23.4 Å². The van der Waals surface area contributed by atoms with E-state index in [0.717, 1.165) is 33.5 Å². The lowest BCUT2D eigenvalue weighted by molar-refractivity contribution is -0.753. The van der Waals surface area contributed by atoms with Gasteiger partial charge in [0, 0.05) is 34.7 Å². The lowest BCUT2D eigenvalue weighted by Gasteiger charge is -2.32. The number of amidine groups is 1. The predicted octanol–water partition coefficient (Wildman–Crippen LogP) is 3.78. The van der Waals surface area contributed by atoms with Crippen LogP contribution in [0.5, 0.6) is 0 Å². The fourth-order valence-corrected chi connectivity index (χ4v) is 7.80. The molecule has 0 spiro atoms. The molecule has 12 heteroatoms. The number of nitrogens with zero attached hydrogens (tertiary/aromatic N) is 4. The Morgan fingerprint density at radius 1 is 1.30 bits per heavy atom. The van der Waals surface area contributed by atoms with Gasteiger partial charge in [0.2, 0.25) is 5.91 Å². The normalized spacial score (nSPS) is 27.8. The third-order valence-electron chi connectivity index (χ3n) is 8.00. The van der Waals surface area contributed by atoms with Crippen molar-refractivity contribution in [1.82, 2.24) is 15.1 Å². The lowest BCUT2D eigenvalue weighted by atomic mass is 9.85. The number of primary amides is 1. The highest BCUT2D eigenvalue weighted by atomic mass is 35.5. The van der Waals surface area contributed by atoms with Gasteiger partial charge in [0.15, 0.2) is 11.6 Å². The molecule has 0 saturated carbocycles. The molecule has 3 unspecified atom stereocenters. The van der Waals surface area contributed by atoms with Crippen molar-refractivity contribution in [3.8, 4) is 0 Å². The van der Waals surface area contributed by atoms with Gasteiger partial charge in [0.1, 0.15) is 0 Å². The molecular formula is C25H25ClF3N6OS+. The Morgan fingerprint density at radius 3 is 2.86 bits per heavy atom. The van der Waals surface area contributed by atoms with Gasteiger partial charge in [-0.3, -0.25) is 14.8 Å². The molecule has 2 saturated heterocycles. The molecule has 2 aromatic carbocycles. The summed E-state index contributed by atoms with van der Waals surface area (Å²) in [5.74, 6) is 0.425. The molecule has 6 rings (SSSR count). The Bertz CT molecular complexity index is 1430. The second-order valence-electron chi connectivity index (χ2n) is 9.89. The molecule has 1 aromatic heterocycles. The second-order valence-corrected chi connectivity index (χ2v) is 11.4. The number of hydrogen-bond donors (Lipinski definition) is 2. The number of piperazine rings is 1. The fraction of sp³-hybridized carbons (Fsp3) is 0.400. The number of fused-ring (bicyclic) bond motifs is 2. The van der Waals surface area contributed by atoms with Crippen molar-refractivity contribution in [2.24, 2.45) is 10.7 Å². The highest BCUT2D eigenvalue weighted by Gasteiger charge is 2.83. The molecule has 0 radical (unpaired) electrons. The maximum atomic E-state index is 14.2. The van der Waals surface area contributed by atoms with Gasteiger partial charge in [-0.15, -0.1) is 0 Å². The number of aliphatic imine (C=N–C) groups is 1. The molecule has 1 amide bonds. The Kier molecular flexibility index (Phi) is 5.83. The van der Waals surface area contributed by atoms with Crippen LogP contribution in [0.1, 0.15) is 16.7 Å². The molecule has 194 valence electrons. The lowest BCUT2D eigenvalue weighted by Crippen LogP contribution is -2.51. The summed E-state index contributed by atoms with van der Waals surface area (Å²) in [7, 11) is 0. The number of hydrogen-bond acceptors (Lipinski definition) is 5. The van der Waals surface area contributed by atoms with E-state index in [1.807, 2.05) is 23.1 Å². The van der Waals surface area contributed by atoms with E-state index in [9.17, 15) is 18.0 Å². The monoisotopic (exact) mass is 549 g/mol. The molecule has 3 aromatic rings. The topological polar surface area (TPSA) is 87.4 Å². The fourth-order valence-electron chi connectivity index (χ4n) is 6.47. The molecule has 2 fully saturated rings. The Hall–Kier alpha value is -2.60. The van der Waals surface area contributed by atoms with Crippen molar-refractivity contribution >= 4 is 45.3 Å². The van der Waals surface area contributed by atoms with Crippen LogP contribution in [0.15, 0.2) is 47.6 Å². The summed E-state index contributed by atoms with van der Waals surface area (Å²) in [6, 6.07) is 9.88. The van der Waals surface area contributed by atoms with Crippen molar-refractivity contribution < 1.29 is 22.4 Å². The number of aromatic nitrogens is 2. The second kappa shape index (κ2) is 8.72. The number of thioether (sulfide) groups is 1. The molecule has 3 atom stereocenters. The zero-order valence-corrected chi connectivity index (χ0v) is 21.3. The maximum Gasteiger partial charge on any atom is 0.416 e. The standard InChI is InChI=1S/C25H24ClF3N6OS/c26-18-3-1-15(19(10-18)25(27,28)29)11-24(17-2-4-20-16(9-17)12-32-33-20)21-13-34(14-22(30)36)6-7-35(21,24)23-31-5-8-37-23/h1-4,9-10,12,21H,5-8,11,13-14H2,(H2-,30,32,33,36)/p+1. The largest absolute Gasteiger partial charge is 0.416 e. The number of benzene rings is 2. The smallest absolute Gasteiger partial charge is 0.369 e. The number of quaternary nitrogens is 1. The van der Waals surface area contributed by atoms with E-state index in [-0.39, 0.29) is 29.6 Å². The third-order valence-corrected chi connectivity index (χ3v) is 9.33. The molecule has 0 bridgehead atoms.